The summed E-state index contributed by atoms with van der Waals surface area (Å²) in [6.45, 7) is 1.76. The van der Waals surface area contributed by atoms with Gasteiger partial charge in [0.15, 0.2) is 34.6 Å². The number of aromatic nitrogens is 6. The van der Waals surface area contributed by atoms with Crippen LogP contribution in [0.15, 0.2) is 54.9 Å². The van der Waals surface area contributed by atoms with Crippen molar-refractivity contribution in [3.8, 4) is 46.0 Å². The van der Waals surface area contributed by atoms with Gasteiger partial charge in [0.25, 0.3) is 66.6 Å². The third kappa shape index (κ3) is 37.5. The summed E-state index contributed by atoms with van der Waals surface area (Å²) in [6.07, 6.45) is 9.46. The predicted octanol–water partition coefficient (Wildman–Crippen LogP) is 5.86. The van der Waals surface area contributed by atoms with Gasteiger partial charge in [-0.05, 0) is 139 Å². The predicted molar refractivity (Wildman–Crippen MR) is 374 cm³/mol. The Morgan fingerprint density at radius 2 is 0.702 bits per heavy atom. The molecule has 3 aromatic carbocycles. The lowest BCUT2D eigenvalue weighted by Crippen LogP contribution is -2.25. The van der Waals surface area contributed by atoms with Gasteiger partial charge in [0.1, 0.15) is 11.5 Å². The van der Waals surface area contributed by atoms with Crippen molar-refractivity contribution in [3.63, 3.8) is 0 Å². The number of nitrogens with one attached hydrogen (secondary N) is 1. The number of ether oxygens (including phenoxy) is 8. The highest BCUT2D eigenvalue weighted by Crippen LogP contribution is 2.41. The quantitative estimate of drug-likeness (QED) is 0.0136. The molecule has 0 bridgehead atoms. The first-order valence-corrected chi connectivity index (χ1v) is 43.0. The molecule has 5 rings (SSSR count). The number of Topliss-reactive ketones (excluding diaryl/α,β-unsaturated/α-hetero) is 2. The van der Waals surface area contributed by atoms with E-state index in [1.165, 1.54) is 24.3 Å². The number of carbonyl (C=O) groups excluding carboxylic acids is 3. The van der Waals surface area contributed by atoms with Crippen molar-refractivity contribution in [3.05, 3.63) is 82.9 Å². The fourth-order valence-electron chi connectivity index (χ4n) is 9.63. The van der Waals surface area contributed by atoms with Crippen LogP contribution in [-0.2, 0) is 86.6 Å². The van der Waals surface area contributed by atoms with E-state index in [0.29, 0.717) is 120 Å². The summed E-state index contributed by atoms with van der Waals surface area (Å²) < 4.78 is 241. The van der Waals surface area contributed by atoms with Crippen LogP contribution in [0.5, 0.6) is 46.0 Å². The molecular weight excluding hydrogens is 1500 g/mol. The van der Waals surface area contributed by atoms with Crippen molar-refractivity contribution in [1.29, 1.82) is 0 Å². The molecule has 584 valence electrons. The molecule has 2 aromatic heterocycles. The molecule has 36 nitrogen and oxygen atoms in total. The van der Waals surface area contributed by atoms with Gasteiger partial charge in [0.05, 0.1) is 98.8 Å². The first-order chi connectivity index (χ1) is 49.0. The van der Waals surface area contributed by atoms with Crippen LogP contribution >= 0.6 is 0 Å². The van der Waals surface area contributed by atoms with E-state index in [2.05, 4.69) is 25.9 Å². The number of carbonyl (C=O) groups is 3. The van der Waals surface area contributed by atoms with E-state index in [-0.39, 0.29) is 148 Å². The summed E-state index contributed by atoms with van der Waals surface area (Å²) in [5.74, 6) is -4.85. The molecule has 104 heavy (non-hydrogen) atoms. The molecule has 0 fully saturated rings. The fraction of sp³-hybridized carbons (Fsp3) is 0.597. The summed E-state index contributed by atoms with van der Waals surface area (Å²) in [6, 6.07) is 10.3. The van der Waals surface area contributed by atoms with E-state index in [1.54, 1.807) is 40.0 Å². The highest BCUT2D eigenvalue weighted by Gasteiger charge is 2.24. The van der Waals surface area contributed by atoms with Gasteiger partial charge in [0, 0.05) is 67.6 Å². The van der Waals surface area contributed by atoms with Crippen LogP contribution in [0, 0.1) is 0 Å². The topological polar surface area (TPSA) is 525 Å². The molecule has 7 N–H and O–H groups in total. The number of unbranched alkanes of at least 4 members (excludes halogenated alkanes) is 4. The summed E-state index contributed by atoms with van der Waals surface area (Å²) in [5.41, 5.74) is 1.96. The zero-order valence-electron chi connectivity index (χ0n) is 57.4. The van der Waals surface area contributed by atoms with Crippen LogP contribution in [0.25, 0.3) is 0 Å². The third-order valence-electron chi connectivity index (χ3n) is 14.6. The Hall–Kier alpha value is -7.39. The average molecular weight is 1590 g/mol. The Morgan fingerprint density at radius 1 is 0.375 bits per heavy atom. The number of rotatable bonds is 57. The van der Waals surface area contributed by atoms with Gasteiger partial charge < -0.3 is 43.2 Å². The van der Waals surface area contributed by atoms with Crippen LogP contribution < -0.4 is 43.2 Å². The molecule has 42 heteroatoms. The second kappa shape index (κ2) is 43.3. The van der Waals surface area contributed by atoms with E-state index in [4.69, 9.17) is 42.4 Å². The van der Waals surface area contributed by atoms with E-state index < -0.39 is 101 Å². The van der Waals surface area contributed by atoms with Crippen LogP contribution in [0.2, 0.25) is 0 Å². The van der Waals surface area contributed by atoms with Crippen molar-refractivity contribution in [1.82, 2.24) is 35.3 Å². The van der Waals surface area contributed by atoms with Gasteiger partial charge in [0.2, 0.25) is 11.5 Å². The first kappa shape index (κ1) is 87.2. The smallest absolute Gasteiger partial charge is 0.264 e. The highest BCUT2D eigenvalue weighted by molar-refractivity contribution is 7.86. The molecule has 0 unspecified atom stereocenters. The standard InChI is InChI=1S/C62H91N7O29S6/c1-2-3-19-54(70)47-38-52(91-24-8-5-17-50-45-68(66-64-50)22-7-4-20-55(71)48-40-56(93-26-11-32-99(73,74)75)60(97-30-15-36-103(85,86)87)57(41-48)94-27-12-33-100(76,77)78)44-53(39-47)92-25-9-6-18-51-46-69(67-65-51)23-10-21-63-62(72)49-42-58(95-28-13-34-101(79,80)81)61(98-31-16-37-104(88,89)90)59(43-49)96-29-14-35-102(82,83)84/h38-46H,2-37H2,1H3,(H,63,72)(H,73,74,75)(H,76,77,78)(H,79,80,81)(H,82,83,84)(H,85,86,87)(H,88,89,90). The van der Waals surface area contributed by atoms with Crippen LogP contribution in [0.4, 0.5) is 0 Å². The summed E-state index contributed by atoms with van der Waals surface area (Å²) in [7, 11) is -26.1. The first-order valence-electron chi connectivity index (χ1n) is 33.4. The Bertz CT molecular complexity index is 3910. The minimum Gasteiger partial charge on any atom is -0.493 e. The molecule has 0 aliphatic heterocycles. The summed E-state index contributed by atoms with van der Waals surface area (Å²) >= 11 is 0. The number of nitrogens with zero attached hydrogens (tertiary/aromatic N) is 6. The monoisotopic (exact) mass is 1590 g/mol. The number of amides is 1. The minimum absolute atomic E-state index is 0.0310. The number of aryl methyl sites for hydroxylation is 4. The second-order valence-corrected chi connectivity index (χ2v) is 33.2. The van der Waals surface area contributed by atoms with E-state index in [9.17, 15) is 87.7 Å². The van der Waals surface area contributed by atoms with Gasteiger partial charge >= 0.3 is 0 Å². The lowest BCUT2D eigenvalue weighted by Gasteiger charge is -2.18. The zero-order chi connectivity index (χ0) is 76.4. The molecule has 1 amide bonds. The van der Waals surface area contributed by atoms with Crippen LogP contribution in [0.1, 0.15) is 159 Å². The van der Waals surface area contributed by atoms with Gasteiger partial charge in [-0.2, -0.15) is 50.5 Å². The summed E-state index contributed by atoms with van der Waals surface area (Å²) in [4.78, 5) is 40.3. The molecule has 0 saturated heterocycles. The van der Waals surface area contributed by atoms with Crippen LogP contribution in [0.3, 0.4) is 0 Å². The van der Waals surface area contributed by atoms with Crippen molar-refractivity contribution in [2.75, 3.05) is 93.9 Å². The molecule has 0 atom stereocenters. The molecule has 0 spiro atoms. The SMILES string of the molecule is CCCCC(=O)c1cc(OCCCCc2cn(CCCCC(=O)c3cc(OCCCS(=O)(=O)O)c(OCCCS(=O)(=O)O)c(OCCCS(=O)(=O)O)c3)nn2)cc(OCCCCc2cn(CCCNC(=O)c3cc(OCCCS(=O)(=O)O)c(OCCCS(=O)(=O)O)c(OCCCS(=O)(=O)O)c3)nn2)c1. The van der Waals surface area contributed by atoms with Gasteiger partial charge in [-0.1, -0.05) is 23.8 Å². The summed E-state index contributed by atoms with van der Waals surface area (Å²) in [5, 5.41) is 19.8. The Morgan fingerprint density at radius 3 is 1.07 bits per heavy atom. The number of ketones is 2. The minimum atomic E-state index is -4.36. The molecule has 0 aliphatic carbocycles. The Labute approximate surface area is 605 Å². The zero-order valence-corrected chi connectivity index (χ0v) is 62.3. The fourth-order valence-corrected chi connectivity index (χ4v) is 12.5. The maximum atomic E-state index is 13.6. The van der Waals surface area contributed by atoms with Crippen molar-refractivity contribution < 1.29 is 130 Å². The van der Waals surface area contributed by atoms with Gasteiger partial charge in [-0.15, -0.1) is 10.2 Å². The van der Waals surface area contributed by atoms with Gasteiger partial charge in [-0.25, -0.2) is 0 Å². The molecule has 0 radical (unpaired) electrons. The van der Waals surface area contributed by atoms with E-state index >= 15 is 0 Å². The van der Waals surface area contributed by atoms with Crippen molar-refractivity contribution in [2.45, 2.75) is 142 Å². The number of benzene rings is 3. The highest BCUT2D eigenvalue weighted by atomic mass is 32.2. The average Bonchev–Trinajstić information content (AvgIpc) is 0.932. The largest absolute Gasteiger partial charge is 0.493 e. The molecule has 0 saturated carbocycles. The number of hydrogen-bond donors (Lipinski definition) is 7. The van der Waals surface area contributed by atoms with Gasteiger partial charge in [-0.3, -0.25) is 51.1 Å². The lowest BCUT2D eigenvalue weighted by atomic mass is 10.0. The third-order valence-corrected chi connectivity index (χ3v) is 19.5. The van der Waals surface area contributed by atoms with Crippen LogP contribution in [-0.4, -0.2) is 219 Å². The maximum absolute atomic E-state index is 13.6. The number of hydrogen-bond acceptors (Lipinski definition) is 27. The van der Waals surface area contributed by atoms with E-state index in [0.717, 1.165) is 12.1 Å². The maximum Gasteiger partial charge on any atom is 0.264 e. The normalized spacial score (nSPS) is 12.2. The van der Waals surface area contributed by atoms with Crippen molar-refractivity contribution in [2.24, 2.45) is 0 Å². The second-order valence-electron chi connectivity index (χ2n) is 23.8. The molecule has 0 aliphatic rings. The molecule has 2 heterocycles. The van der Waals surface area contributed by atoms with Crippen molar-refractivity contribution >= 4 is 78.2 Å². The molecular formula is C62H91N7O29S6. The lowest BCUT2D eigenvalue weighted by molar-refractivity contribution is 0.0948. The Kier molecular flexibility index (Phi) is 36.3. The molecule has 5 aromatic rings. The Balaban J connectivity index is 1.08. The van der Waals surface area contributed by atoms with E-state index in [1.807, 2.05) is 6.92 Å².